The van der Waals surface area contributed by atoms with Gasteiger partial charge in [0.2, 0.25) is 0 Å². The number of benzene rings is 1. The van der Waals surface area contributed by atoms with E-state index in [9.17, 15) is 9.65 Å². The van der Waals surface area contributed by atoms with Gasteiger partial charge in [-0.05, 0) is 36.5 Å². The molecule has 0 amide bonds. The van der Waals surface area contributed by atoms with Gasteiger partial charge >= 0.3 is 0 Å². The molecule has 0 bridgehead atoms. The molecule has 0 spiro atoms. The van der Waals surface area contributed by atoms with Crippen molar-refractivity contribution in [2.75, 3.05) is 0 Å². The lowest BCUT2D eigenvalue weighted by Crippen LogP contribution is -2.09. The molecule has 1 saturated carbocycles. The maximum atomic E-state index is 12.8. The molecule has 2 rings (SSSR count). The van der Waals surface area contributed by atoms with Crippen LogP contribution < -0.4 is 0 Å². The van der Waals surface area contributed by atoms with Gasteiger partial charge in [0.05, 0.1) is 12.0 Å². The van der Waals surface area contributed by atoms with Gasteiger partial charge < -0.3 is 0 Å². The second-order valence-corrected chi connectivity index (χ2v) is 4.53. The van der Waals surface area contributed by atoms with E-state index in [1.54, 1.807) is 0 Å². The monoisotopic (exact) mass is 217 g/mol. The van der Waals surface area contributed by atoms with Gasteiger partial charge in [-0.15, -0.1) is 0 Å². The third-order valence-corrected chi connectivity index (χ3v) is 3.48. The topological polar surface area (TPSA) is 23.8 Å². The fourth-order valence-electron chi connectivity index (χ4n) is 2.57. The number of halogens is 1. The Morgan fingerprint density at radius 1 is 1.06 bits per heavy atom. The van der Waals surface area contributed by atoms with Gasteiger partial charge in [0.25, 0.3) is 0 Å². The number of nitriles is 1. The van der Waals surface area contributed by atoms with Gasteiger partial charge in [-0.1, -0.05) is 31.4 Å². The first-order valence-corrected chi connectivity index (χ1v) is 5.96. The molecule has 2 unspecified atom stereocenters. The van der Waals surface area contributed by atoms with Crippen LogP contribution in [-0.4, -0.2) is 0 Å². The van der Waals surface area contributed by atoms with Crippen molar-refractivity contribution in [3.63, 3.8) is 0 Å². The van der Waals surface area contributed by atoms with Gasteiger partial charge in [-0.3, -0.25) is 0 Å². The maximum Gasteiger partial charge on any atom is 0.123 e. The average Bonchev–Trinajstić information content (AvgIpc) is 2.55. The minimum absolute atomic E-state index is 0.105. The Morgan fingerprint density at radius 3 is 2.44 bits per heavy atom. The lowest BCUT2D eigenvalue weighted by atomic mass is 9.83. The molecule has 0 saturated heterocycles. The molecule has 0 aromatic heterocycles. The van der Waals surface area contributed by atoms with Crippen LogP contribution in [0, 0.1) is 23.1 Å². The molecule has 2 heteroatoms. The predicted molar refractivity (Wildman–Crippen MR) is 61.3 cm³/mol. The molecule has 0 radical (unpaired) electrons. The zero-order valence-electron chi connectivity index (χ0n) is 9.32. The molecule has 1 aromatic carbocycles. The first kappa shape index (κ1) is 11.1. The molecule has 0 heterocycles. The minimum atomic E-state index is -0.203. The van der Waals surface area contributed by atoms with E-state index < -0.39 is 0 Å². The Kier molecular flexibility index (Phi) is 3.56. The molecule has 0 N–H and O–H groups in total. The molecule has 16 heavy (non-hydrogen) atoms. The Balaban J connectivity index is 2.22. The smallest absolute Gasteiger partial charge is 0.123 e. The highest BCUT2D eigenvalue weighted by Gasteiger charge is 2.24. The van der Waals surface area contributed by atoms with Crippen LogP contribution in [0.1, 0.15) is 43.6 Å². The van der Waals surface area contributed by atoms with Crippen molar-refractivity contribution in [1.29, 1.82) is 5.26 Å². The summed E-state index contributed by atoms with van der Waals surface area (Å²) in [5, 5.41) is 9.18. The maximum absolute atomic E-state index is 12.8. The molecular weight excluding hydrogens is 201 g/mol. The molecular formula is C14H16FN. The molecule has 1 fully saturated rings. The van der Waals surface area contributed by atoms with E-state index in [4.69, 9.17) is 0 Å². The standard InChI is InChI=1S/C14H16FN/c15-13-8-6-11(7-9-13)14-5-3-1-2-4-12(14)10-16/h6-9,12,14H,1-5H2. The third-order valence-electron chi connectivity index (χ3n) is 3.48. The van der Waals surface area contributed by atoms with Crippen molar-refractivity contribution in [3.8, 4) is 6.07 Å². The van der Waals surface area contributed by atoms with Crippen LogP contribution in [0.3, 0.4) is 0 Å². The fraction of sp³-hybridized carbons (Fsp3) is 0.500. The summed E-state index contributed by atoms with van der Waals surface area (Å²) in [6.07, 6.45) is 5.59. The lowest BCUT2D eigenvalue weighted by molar-refractivity contribution is 0.489. The second-order valence-electron chi connectivity index (χ2n) is 4.53. The quantitative estimate of drug-likeness (QED) is 0.652. The largest absolute Gasteiger partial charge is 0.207 e. The number of hydrogen-bond acceptors (Lipinski definition) is 1. The zero-order valence-corrected chi connectivity index (χ0v) is 9.32. The third kappa shape index (κ3) is 2.41. The highest BCUT2D eigenvalue weighted by Crippen LogP contribution is 2.36. The molecule has 2 atom stereocenters. The molecule has 84 valence electrons. The Morgan fingerprint density at radius 2 is 1.75 bits per heavy atom. The van der Waals surface area contributed by atoms with E-state index in [0.29, 0.717) is 5.92 Å². The number of hydrogen-bond donors (Lipinski definition) is 0. The van der Waals surface area contributed by atoms with Crippen molar-refractivity contribution in [2.45, 2.75) is 38.0 Å². The van der Waals surface area contributed by atoms with Crippen LogP contribution in [0.25, 0.3) is 0 Å². The van der Waals surface area contributed by atoms with Crippen molar-refractivity contribution >= 4 is 0 Å². The normalized spacial score (nSPS) is 25.8. The highest BCUT2D eigenvalue weighted by molar-refractivity contribution is 5.23. The van der Waals surface area contributed by atoms with Crippen molar-refractivity contribution < 1.29 is 4.39 Å². The van der Waals surface area contributed by atoms with Crippen LogP contribution in [0.4, 0.5) is 4.39 Å². The first-order chi connectivity index (χ1) is 7.81. The van der Waals surface area contributed by atoms with Gasteiger partial charge in [-0.25, -0.2) is 4.39 Å². The van der Waals surface area contributed by atoms with E-state index in [2.05, 4.69) is 6.07 Å². The SMILES string of the molecule is N#CC1CCCCCC1c1ccc(F)cc1. The summed E-state index contributed by atoms with van der Waals surface area (Å²) in [4.78, 5) is 0. The van der Waals surface area contributed by atoms with Crippen molar-refractivity contribution in [2.24, 2.45) is 5.92 Å². The predicted octanol–water partition coefficient (Wildman–Crippen LogP) is 4.01. The zero-order chi connectivity index (χ0) is 11.4. The summed E-state index contributed by atoms with van der Waals surface area (Å²) in [7, 11) is 0. The molecule has 0 aliphatic heterocycles. The summed E-state index contributed by atoms with van der Waals surface area (Å²) in [6, 6.07) is 9.06. The lowest BCUT2D eigenvalue weighted by Gasteiger charge is -2.19. The Hall–Kier alpha value is -1.36. The average molecular weight is 217 g/mol. The summed E-state index contributed by atoms with van der Waals surface area (Å²) in [5.74, 6) is 0.201. The number of rotatable bonds is 1. The van der Waals surface area contributed by atoms with Crippen LogP contribution in [0.5, 0.6) is 0 Å². The van der Waals surface area contributed by atoms with E-state index in [1.807, 2.05) is 12.1 Å². The summed E-state index contributed by atoms with van der Waals surface area (Å²) in [6.45, 7) is 0. The summed E-state index contributed by atoms with van der Waals surface area (Å²) >= 11 is 0. The van der Waals surface area contributed by atoms with Crippen LogP contribution in [-0.2, 0) is 0 Å². The van der Waals surface area contributed by atoms with E-state index in [0.717, 1.165) is 24.8 Å². The molecule has 1 aliphatic rings. The van der Waals surface area contributed by atoms with Gasteiger partial charge in [0.1, 0.15) is 5.82 Å². The van der Waals surface area contributed by atoms with Crippen molar-refractivity contribution in [1.82, 2.24) is 0 Å². The second kappa shape index (κ2) is 5.12. The summed E-state index contributed by atoms with van der Waals surface area (Å²) in [5.41, 5.74) is 1.12. The Labute approximate surface area is 95.9 Å². The van der Waals surface area contributed by atoms with Crippen LogP contribution in [0.2, 0.25) is 0 Å². The van der Waals surface area contributed by atoms with Gasteiger partial charge in [0, 0.05) is 0 Å². The highest BCUT2D eigenvalue weighted by atomic mass is 19.1. The molecule has 1 nitrogen and oxygen atoms in total. The van der Waals surface area contributed by atoms with Crippen LogP contribution in [0.15, 0.2) is 24.3 Å². The van der Waals surface area contributed by atoms with E-state index in [-0.39, 0.29) is 11.7 Å². The molecule has 1 aromatic rings. The first-order valence-electron chi connectivity index (χ1n) is 5.96. The minimum Gasteiger partial charge on any atom is -0.207 e. The van der Waals surface area contributed by atoms with E-state index >= 15 is 0 Å². The van der Waals surface area contributed by atoms with Gasteiger partial charge in [0.15, 0.2) is 0 Å². The van der Waals surface area contributed by atoms with Crippen LogP contribution >= 0.6 is 0 Å². The molecule has 1 aliphatic carbocycles. The van der Waals surface area contributed by atoms with Crippen molar-refractivity contribution in [3.05, 3.63) is 35.6 Å². The number of nitrogens with zero attached hydrogens (tertiary/aromatic N) is 1. The fourth-order valence-corrected chi connectivity index (χ4v) is 2.57. The summed E-state index contributed by atoms with van der Waals surface area (Å²) < 4.78 is 12.8. The van der Waals surface area contributed by atoms with Gasteiger partial charge in [-0.2, -0.15) is 5.26 Å². The Bertz CT molecular complexity index is 377. The van der Waals surface area contributed by atoms with E-state index in [1.165, 1.54) is 25.0 Å².